The van der Waals surface area contributed by atoms with Crippen LogP contribution in [0.1, 0.15) is 95.7 Å². The van der Waals surface area contributed by atoms with E-state index >= 15 is 0 Å². The summed E-state index contributed by atoms with van der Waals surface area (Å²) < 4.78 is 10.1. The number of ether oxygens (including phenoxy) is 2. The van der Waals surface area contributed by atoms with Gasteiger partial charge in [-0.15, -0.1) is 0 Å². The highest BCUT2D eigenvalue weighted by atomic mass is 16.7. The van der Waals surface area contributed by atoms with Gasteiger partial charge < -0.3 is 9.47 Å². The van der Waals surface area contributed by atoms with Crippen molar-refractivity contribution < 1.29 is 14.3 Å². The molecule has 1 aliphatic rings. The van der Waals surface area contributed by atoms with E-state index in [1.165, 1.54) is 75.5 Å². The monoisotopic (exact) mass is 452 g/mol. The Bertz CT molecular complexity index is 851. The van der Waals surface area contributed by atoms with Gasteiger partial charge in [0.05, 0.1) is 6.61 Å². The van der Waals surface area contributed by atoms with Crippen LogP contribution in [0.2, 0.25) is 0 Å². The van der Waals surface area contributed by atoms with Crippen molar-refractivity contribution in [3.63, 3.8) is 0 Å². The first-order valence-electron chi connectivity index (χ1n) is 13.0. The minimum atomic E-state index is -0.670. The highest BCUT2D eigenvalue weighted by Gasteiger charge is 2.20. The normalized spacial score (nSPS) is 15.2. The molecule has 0 aliphatic heterocycles. The SMILES string of the molecule is CCCCCCCCCCC1CCc2nc(-c3ccc(OC(=O)OCCC)cc3)ncc2C1. The minimum absolute atomic E-state index is 0.361. The fourth-order valence-corrected chi connectivity index (χ4v) is 4.52. The number of carbonyl (C=O) groups is 1. The number of rotatable bonds is 13. The summed E-state index contributed by atoms with van der Waals surface area (Å²) in [4.78, 5) is 21.1. The van der Waals surface area contributed by atoms with E-state index in [4.69, 9.17) is 14.5 Å². The Morgan fingerprint density at radius 2 is 1.70 bits per heavy atom. The maximum absolute atomic E-state index is 11.6. The lowest BCUT2D eigenvalue weighted by atomic mass is 9.84. The van der Waals surface area contributed by atoms with E-state index in [1.807, 2.05) is 25.3 Å². The van der Waals surface area contributed by atoms with Crippen molar-refractivity contribution in [3.8, 4) is 17.1 Å². The standard InChI is InChI=1S/C28H40N2O3/c1-3-5-6-7-8-9-10-11-12-22-13-18-26-24(20-22)21-29-27(30-26)23-14-16-25(17-15-23)33-28(31)32-19-4-2/h14-17,21-22H,3-13,18-20H2,1-2H3. The summed E-state index contributed by atoms with van der Waals surface area (Å²) in [5.41, 5.74) is 3.43. The largest absolute Gasteiger partial charge is 0.513 e. The van der Waals surface area contributed by atoms with E-state index in [0.717, 1.165) is 36.6 Å². The average Bonchev–Trinajstić information content (AvgIpc) is 2.84. The molecule has 1 aromatic heterocycles. The number of aryl methyl sites for hydroxylation is 1. The molecule has 1 aromatic carbocycles. The summed E-state index contributed by atoms with van der Waals surface area (Å²) >= 11 is 0. The molecule has 0 bridgehead atoms. The number of fused-ring (bicyclic) bond motifs is 1. The molecular weight excluding hydrogens is 412 g/mol. The predicted octanol–water partition coefficient (Wildman–Crippen LogP) is 7.70. The fraction of sp³-hybridized carbons (Fsp3) is 0.607. The van der Waals surface area contributed by atoms with Crippen LogP contribution in [-0.2, 0) is 17.6 Å². The number of unbranched alkanes of at least 4 members (excludes halogenated alkanes) is 7. The van der Waals surface area contributed by atoms with Gasteiger partial charge in [0.2, 0.25) is 0 Å². The summed E-state index contributed by atoms with van der Waals surface area (Å²) in [7, 11) is 0. The number of carbonyl (C=O) groups excluding carboxylic acids is 1. The van der Waals surface area contributed by atoms with E-state index in [1.54, 1.807) is 12.1 Å². The molecule has 0 saturated heterocycles. The molecule has 5 heteroatoms. The van der Waals surface area contributed by atoms with Crippen molar-refractivity contribution >= 4 is 6.16 Å². The lowest BCUT2D eigenvalue weighted by Crippen LogP contribution is -2.16. The summed E-state index contributed by atoms with van der Waals surface area (Å²) in [5, 5.41) is 0. The molecule has 0 amide bonds. The van der Waals surface area contributed by atoms with Gasteiger partial charge in [0.25, 0.3) is 0 Å². The van der Waals surface area contributed by atoms with E-state index in [0.29, 0.717) is 12.4 Å². The topological polar surface area (TPSA) is 61.3 Å². The smallest absolute Gasteiger partial charge is 0.434 e. The summed E-state index contributed by atoms with van der Waals surface area (Å²) in [6.07, 6.45) is 17.9. The van der Waals surface area contributed by atoms with Crippen LogP contribution in [-0.4, -0.2) is 22.7 Å². The van der Waals surface area contributed by atoms with Crippen LogP contribution < -0.4 is 4.74 Å². The van der Waals surface area contributed by atoms with Crippen molar-refractivity contribution in [2.75, 3.05) is 6.61 Å². The third-order valence-corrected chi connectivity index (χ3v) is 6.46. The van der Waals surface area contributed by atoms with Gasteiger partial charge in [-0.25, -0.2) is 14.8 Å². The summed E-state index contributed by atoms with van der Waals surface area (Å²) in [6, 6.07) is 7.28. The highest BCUT2D eigenvalue weighted by molar-refractivity contribution is 5.65. The van der Waals surface area contributed by atoms with Crippen molar-refractivity contribution in [2.45, 2.75) is 97.3 Å². The second-order valence-corrected chi connectivity index (χ2v) is 9.26. The van der Waals surface area contributed by atoms with Crippen LogP contribution in [0.4, 0.5) is 4.79 Å². The second-order valence-electron chi connectivity index (χ2n) is 9.26. The van der Waals surface area contributed by atoms with Gasteiger partial charge in [-0.1, -0.05) is 71.6 Å². The number of nitrogens with zero attached hydrogens (tertiary/aromatic N) is 2. The summed E-state index contributed by atoms with van der Waals surface area (Å²) in [6.45, 7) is 4.58. The summed E-state index contributed by atoms with van der Waals surface area (Å²) in [5.74, 6) is 1.97. The molecule has 1 aliphatic carbocycles. The zero-order valence-electron chi connectivity index (χ0n) is 20.5. The van der Waals surface area contributed by atoms with E-state index in [2.05, 4.69) is 11.9 Å². The molecule has 33 heavy (non-hydrogen) atoms. The Balaban J connectivity index is 1.44. The molecule has 0 N–H and O–H groups in total. The lowest BCUT2D eigenvalue weighted by molar-refractivity contribution is 0.0992. The number of hydrogen-bond acceptors (Lipinski definition) is 5. The van der Waals surface area contributed by atoms with Gasteiger partial charge >= 0.3 is 6.16 Å². The zero-order chi connectivity index (χ0) is 23.3. The Morgan fingerprint density at radius 3 is 2.42 bits per heavy atom. The molecule has 5 nitrogen and oxygen atoms in total. The van der Waals surface area contributed by atoms with Crippen LogP contribution in [0.3, 0.4) is 0 Å². The van der Waals surface area contributed by atoms with Crippen molar-refractivity contribution in [3.05, 3.63) is 41.7 Å². The first-order chi connectivity index (χ1) is 16.2. The highest BCUT2D eigenvalue weighted by Crippen LogP contribution is 2.29. The second kappa shape index (κ2) is 14.0. The number of hydrogen-bond donors (Lipinski definition) is 0. The molecule has 2 aromatic rings. The Hall–Kier alpha value is -2.43. The van der Waals surface area contributed by atoms with Crippen LogP contribution in [0, 0.1) is 5.92 Å². The molecule has 1 heterocycles. The van der Waals surface area contributed by atoms with Crippen molar-refractivity contribution in [1.29, 1.82) is 0 Å². The first-order valence-corrected chi connectivity index (χ1v) is 13.0. The first kappa shape index (κ1) is 25.2. The molecule has 0 spiro atoms. The van der Waals surface area contributed by atoms with Crippen molar-refractivity contribution in [1.82, 2.24) is 9.97 Å². The van der Waals surface area contributed by atoms with Gasteiger partial charge in [-0.05, 0) is 61.4 Å². The van der Waals surface area contributed by atoms with Gasteiger partial charge in [0.15, 0.2) is 5.82 Å². The predicted molar refractivity (Wildman–Crippen MR) is 132 cm³/mol. The zero-order valence-corrected chi connectivity index (χ0v) is 20.5. The number of benzene rings is 1. The van der Waals surface area contributed by atoms with E-state index in [-0.39, 0.29) is 0 Å². The van der Waals surface area contributed by atoms with Crippen LogP contribution in [0.25, 0.3) is 11.4 Å². The van der Waals surface area contributed by atoms with Crippen molar-refractivity contribution in [2.24, 2.45) is 5.92 Å². The van der Waals surface area contributed by atoms with Crippen LogP contribution >= 0.6 is 0 Å². The third-order valence-electron chi connectivity index (χ3n) is 6.46. The Kier molecular flexibility index (Phi) is 10.7. The van der Waals surface area contributed by atoms with Crippen LogP contribution in [0.5, 0.6) is 5.75 Å². The fourth-order valence-electron chi connectivity index (χ4n) is 4.52. The average molecular weight is 453 g/mol. The third kappa shape index (κ3) is 8.45. The lowest BCUT2D eigenvalue weighted by Gasteiger charge is -2.24. The van der Waals surface area contributed by atoms with Gasteiger partial charge in [0.1, 0.15) is 5.75 Å². The Labute approximate surface area is 199 Å². The van der Waals surface area contributed by atoms with E-state index in [9.17, 15) is 4.79 Å². The molecule has 1 atom stereocenters. The molecular formula is C28H40N2O3. The van der Waals surface area contributed by atoms with Gasteiger partial charge in [-0.2, -0.15) is 0 Å². The molecule has 1 unspecified atom stereocenters. The maximum atomic E-state index is 11.6. The molecule has 0 fully saturated rings. The molecule has 180 valence electrons. The van der Waals surface area contributed by atoms with Crippen LogP contribution in [0.15, 0.2) is 30.5 Å². The van der Waals surface area contributed by atoms with E-state index < -0.39 is 6.16 Å². The minimum Gasteiger partial charge on any atom is -0.434 e. The molecule has 0 saturated carbocycles. The van der Waals surface area contributed by atoms with Gasteiger partial charge in [-0.3, -0.25) is 0 Å². The quantitative estimate of drug-likeness (QED) is 0.177. The maximum Gasteiger partial charge on any atom is 0.513 e. The molecule has 0 radical (unpaired) electrons. The Morgan fingerprint density at radius 1 is 0.970 bits per heavy atom. The van der Waals surface area contributed by atoms with Gasteiger partial charge in [0, 0.05) is 17.5 Å². The molecule has 3 rings (SSSR count). The number of aromatic nitrogens is 2.